The van der Waals surface area contributed by atoms with E-state index in [0.29, 0.717) is 18.3 Å². The van der Waals surface area contributed by atoms with Crippen LogP contribution in [0.25, 0.3) is 0 Å². The lowest BCUT2D eigenvalue weighted by Gasteiger charge is -2.33. The number of hydrogen-bond acceptors (Lipinski definition) is 3. The number of likely N-dealkylation sites (tertiary alicyclic amines) is 1. The first kappa shape index (κ1) is 16.5. The van der Waals surface area contributed by atoms with Crippen LogP contribution in [0.15, 0.2) is 24.3 Å². The van der Waals surface area contributed by atoms with Crippen LogP contribution in [-0.4, -0.2) is 42.4 Å². The molecule has 1 aliphatic heterocycles. The zero-order chi connectivity index (χ0) is 15.9. The van der Waals surface area contributed by atoms with Crippen LogP contribution in [-0.2, 0) is 9.59 Å². The second-order valence-electron chi connectivity index (χ2n) is 5.91. The molecule has 0 bridgehead atoms. The molecule has 1 heterocycles. The van der Waals surface area contributed by atoms with Crippen molar-refractivity contribution in [3.8, 4) is 0 Å². The minimum atomic E-state index is -0.610. The van der Waals surface area contributed by atoms with Gasteiger partial charge in [-0.05, 0) is 44.9 Å². The summed E-state index contributed by atoms with van der Waals surface area (Å²) in [6.07, 6.45) is 3.70. The molecule has 1 atom stereocenters. The van der Waals surface area contributed by atoms with Gasteiger partial charge in [0.15, 0.2) is 0 Å². The van der Waals surface area contributed by atoms with E-state index in [-0.39, 0.29) is 0 Å². The van der Waals surface area contributed by atoms with E-state index < -0.39 is 11.8 Å². The molecular formula is C17H25N3O2. The Kier molecular flexibility index (Phi) is 5.95. The van der Waals surface area contributed by atoms with Crippen molar-refractivity contribution in [3.05, 3.63) is 29.8 Å². The van der Waals surface area contributed by atoms with Crippen molar-refractivity contribution in [1.29, 1.82) is 0 Å². The number of hydrogen-bond donors (Lipinski definition) is 2. The van der Waals surface area contributed by atoms with Crippen LogP contribution in [0.4, 0.5) is 5.69 Å². The molecule has 22 heavy (non-hydrogen) atoms. The van der Waals surface area contributed by atoms with E-state index in [0.717, 1.165) is 18.7 Å². The zero-order valence-electron chi connectivity index (χ0n) is 13.4. The quantitative estimate of drug-likeness (QED) is 0.836. The van der Waals surface area contributed by atoms with Crippen LogP contribution in [0.3, 0.4) is 0 Å². The van der Waals surface area contributed by atoms with Gasteiger partial charge in [0, 0.05) is 24.8 Å². The molecule has 2 rings (SSSR count). The fourth-order valence-electron chi connectivity index (χ4n) is 2.78. The molecule has 0 aromatic heterocycles. The lowest BCUT2D eigenvalue weighted by molar-refractivity contribution is -0.136. The normalized spacial score (nSPS) is 18.7. The summed E-state index contributed by atoms with van der Waals surface area (Å²) >= 11 is 0. The average molecular weight is 303 g/mol. The summed E-state index contributed by atoms with van der Waals surface area (Å²) in [5.74, 6) is -1.19. The highest BCUT2D eigenvalue weighted by Crippen LogP contribution is 2.15. The molecule has 0 saturated carbocycles. The number of benzene rings is 1. The Labute approximate surface area is 132 Å². The van der Waals surface area contributed by atoms with Gasteiger partial charge in [-0.15, -0.1) is 0 Å². The Morgan fingerprint density at radius 1 is 1.23 bits per heavy atom. The summed E-state index contributed by atoms with van der Waals surface area (Å²) in [6.45, 7) is 6.48. The molecule has 5 nitrogen and oxygen atoms in total. The highest BCUT2D eigenvalue weighted by molar-refractivity contribution is 6.39. The number of amides is 2. The fraction of sp³-hybridized carbons (Fsp3) is 0.529. The standard InChI is InChI=1S/C17H25N3O2/c1-13-7-3-4-9-15(13)19-17(22)16(21)18-10-12-20-11-6-5-8-14(20)2/h3-4,7,9,14H,5-6,8,10-12H2,1-2H3,(H,18,21)(H,19,22). The Hall–Kier alpha value is -1.88. The monoisotopic (exact) mass is 303 g/mol. The van der Waals surface area contributed by atoms with E-state index >= 15 is 0 Å². The molecule has 5 heteroatoms. The predicted molar refractivity (Wildman–Crippen MR) is 87.7 cm³/mol. The summed E-state index contributed by atoms with van der Waals surface area (Å²) < 4.78 is 0. The van der Waals surface area contributed by atoms with Crippen molar-refractivity contribution in [2.45, 2.75) is 39.2 Å². The summed E-state index contributed by atoms with van der Waals surface area (Å²) in [6, 6.07) is 7.97. The predicted octanol–water partition coefficient (Wildman–Crippen LogP) is 1.92. The van der Waals surface area contributed by atoms with Gasteiger partial charge in [0.1, 0.15) is 0 Å². The van der Waals surface area contributed by atoms with E-state index in [9.17, 15) is 9.59 Å². The minimum absolute atomic E-state index is 0.504. The Morgan fingerprint density at radius 2 is 2.00 bits per heavy atom. The van der Waals surface area contributed by atoms with Crippen LogP contribution >= 0.6 is 0 Å². The highest BCUT2D eigenvalue weighted by Gasteiger charge is 2.19. The van der Waals surface area contributed by atoms with Crippen molar-refractivity contribution in [1.82, 2.24) is 10.2 Å². The van der Waals surface area contributed by atoms with Gasteiger partial charge in [-0.2, -0.15) is 0 Å². The summed E-state index contributed by atoms with van der Waals surface area (Å²) in [7, 11) is 0. The van der Waals surface area contributed by atoms with Crippen LogP contribution in [0.5, 0.6) is 0 Å². The molecule has 1 fully saturated rings. The first-order valence-corrected chi connectivity index (χ1v) is 7.97. The van der Waals surface area contributed by atoms with Crippen LogP contribution < -0.4 is 10.6 Å². The number of rotatable bonds is 4. The lowest BCUT2D eigenvalue weighted by Crippen LogP contribution is -2.44. The van der Waals surface area contributed by atoms with E-state index in [1.807, 2.05) is 25.1 Å². The van der Waals surface area contributed by atoms with Crippen molar-refractivity contribution in [3.63, 3.8) is 0 Å². The van der Waals surface area contributed by atoms with E-state index in [1.165, 1.54) is 19.3 Å². The third-order valence-electron chi connectivity index (χ3n) is 4.22. The van der Waals surface area contributed by atoms with Gasteiger partial charge < -0.3 is 10.6 Å². The molecule has 2 amide bonds. The second-order valence-corrected chi connectivity index (χ2v) is 5.91. The molecule has 1 aromatic rings. The summed E-state index contributed by atoms with van der Waals surface area (Å²) in [5, 5.41) is 5.34. The highest BCUT2D eigenvalue weighted by atomic mass is 16.2. The van der Waals surface area contributed by atoms with Crippen molar-refractivity contribution in [2.24, 2.45) is 0 Å². The molecule has 0 radical (unpaired) electrons. The maximum atomic E-state index is 11.9. The molecule has 1 aliphatic rings. The molecule has 2 N–H and O–H groups in total. The lowest BCUT2D eigenvalue weighted by atomic mass is 10.0. The zero-order valence-corrected chi connectivity index (χ0v) is 13.4. The van der Waals surface area contributed by atoms with Gasteiger partial charge in [0.05, 0.1) is 0 Å². The summed E-state index contributed by atoms with van der Waals surface area (Å²) in [4.78, 5) is 26.1. The molecule has 1 aromatic carbocycles. The van der Waals surface area contributed by atoms with Crippen LogP contribution in [0.2, 0.25) is 0 Å². The number of nitrogens with one attached hydrogen (secondary N) is 2. The SMILES string of the molecule is Cc1ccccc1NC(=O)C(=O)NCCN1CCCCC1C. The van der Waals surface area contributed by atoms with Gasteiger partial charge in [0.2, 0.25) is 0 Å². The van der Waals surface area contributed by atoms with Crippen molar-refractivity contribution >= 4 is 17.5 Å². The largest absolute Gasteiger partial charge is 0.347 e. The number of carbonyl (C=O) groups is 2. The summed E-state index contributed by atoms with van der Waals surface area (Å²) in [5.41, 5.74) is 1.61. The van der Waals surface area contributed by atoms with Crippen molar-refractivity contribution in [2.75, 3.05) is 25.0 Å². The molecule has 1 saturated heterocycles. The second kappa shape index (κ2) is 7.94. The van der Waals surface area contributed by atoms with Crippen LogP contribution in [0, 0.1) is 6.92 Å². The number of nitrogens with zero attached hydrogens (tertiary/aromatic N) is 1. The first-order chi connectivity index (χ1) is 10.6. The molecular weight excluding hydrogens is 278 g/mol. The van der Waals surface area contributed by atoms with Gasteiger partial charge in [-0.3, -0.25) is 14.5 Å². The molecule has 0 spiro atoms. The maximum absolute atomic E-state index is 11.9. The third kappa shape index (κ3) is 4.56. The maximum Gasteiger partial charge on any atom is 0.313 e. The minimum Gasteiger partial charge on any atom is -0.347 e. The Balaban J connectivity index is 1.75. The number of carbonyl (C=O) groups excluding carboxylic acids is 2. The molecule has 1 unspecified atom stereocenters. The van der Waals surface area contributed by atoms with E-state index in [1.54, 1.807) is 6.07 Å². The van der Waals surface area contributed by atoms with Crippen molar-refractivity contribution < 1.29 is 9.59 Å². The molecule has 120 valence electrons. The van der Waals surface area contributed by atoms with E-state index in [4.69, 9.17) is 0 Å². The molecule has 0 aliphatic carbocycles. The fourth-order valence-corrected chi connectivity index (χ4v) is 2.78. The van der Waals surface area contributed by atoms with E-state index in [2.05, 4.69) is 22.5 Å². The smallest absolute Gasteiger partial charge is 0.313 e. The van der Waals surface area contributed by atoms with Crippen LogP contribution in [0.1, 0.15) is 31.7 Å². The first-order valence-electron chi connectivity index (χ1n) is 7.97. The number of piperidine rings is 1. The number of aryl methyl sites for hydroxylation is 1. The van der Waals surface area contributed by atoms with Gasteiger partial charge in [-0.25, -0.2) is 0 Å². The van der Waals surface area contributed by atoms with Gasteiger partial charge in [0.25, 0.3) is 0 Å². The van der Waals surface area contributed by atoms with Gasteiger partial charge >= 0.3 is 11.8 Å². The third-order valence-corrected chi connectivity index (χ3v) is 4.22. The Bertz CT molecular complexity index is 530. The topological polar surface area (TPSA) is 61.4 Å². The average Bonchev–Trinajstić information content (AvgIpc) is 2.51. The number of anilines is 1. The Morgan fingerprint density at radius 3 is 2.73 bits per heavy atom. The van der Waals surface area contributed by atoms with Gasteiger partial charge in [-0.1, -0.05) is 24.6 Å². The number of para-hydroxylation sites is 1.